The van der Waals surface area contributed by atoms with E-state index in [2.05, 4.69) is 10.2 Å². The summed E-state index contributed by atoms with van der Waals surface area (Å²) < 4.78 is 0. The molecule has 2 unspecified atom stereocenters. The smallest absolute Gasteiger partial charge is 0.234 e. The Labute approximate surface area is 120 Å². The third-order valence-corrected chi connectivity index (χ3v) is 5.17. The highest BCUT2D eigenvalue weighted by molar-refractivity contribution is 5.78. The van der Waals surface area contributed by atoms with Gasteiger partial charge in [-0.05, 0) is 38.0 Å². The molecule has 3 aliphatic rings. The van der Waals surface area contributed by atoms with Crippen LogP contribution in [0.25, 0.3) is 0 Å². The van der Waals surface area contributed by atoms with E-state index in [1.165, 1.54) is 19.3 Å². The van der Waals surface area contributed by atoms with Crippen molar-refractivity contribution in [2.24, 2.45) is 5.92 Å². The number of hydrogen-bond acceptors (Lipinski definition) is 3. The molecule has 1 aliphatic carbocycles. The Morgan fingerprint density at radius 2 is 1.90 bits per heavy atom. The van der Waals surface area contributed by atoms with E-state index in [9.17, 15) is 9.59 Å². The Morgan fingerprint density at radius 3 is 2.45 bits per heavy atom. The minimum Gasteiger partial charge on any atom is -0.352 e. The van der Waals surface area contributed by atoms with E-state index in [-0.39, 0.29) is 17.9 Å². The molecule has 2 saturated heterocycles. The van der Waals surface area contributed by atoms with Gasteiger partial charge in [0.2, 0.25) is 11.8 Å². The number of amides is 2. The van der Waals surface area contributed by atoms with E-state index in [4.69, 9.17) is 0 Å². The zero-order valence-electron chi connectivity index (χ0n) is 12.3. The molecule has 2 heterocycles. The normalized spacial score (nSPS) is 30.8. The second-order valence-corrected chi connectivity index (χ2v) is 6.61. The Morgan fingerprint density at radius 1 is 1.15 bits per heavy atom. The van der Waals surface area contributed by atoms with Gasteiger partial charge >= 0.3 is 0 Å². The summed E-state index contributed by atoms with van der Waals surface area (Å²) in [5.74, 6) is 1.15. The summed E-state index contributed by atoms with van der Waals surface area (Å²) in [6.45, 7) is 4.83. The van der Waals surface area contributed by atoms with Crippen molar-refractivity contribution in [3.63, 3.8) is 0 Å². The quantitative estimate of drug-likeness (QED) is 0.823. The van der Waals surface area contributed by atoms with Gasteiger partial charge in [0.1, 0.15) is 0 Å². The lowest BCUT2D eigenvalue weighted by molar-refractivity contribution is -0.130. The number of likely N-dealkylation sites (tertiary alicyclic amines) is 2. The minimum atomic E-state index is 0.142. The maximum atomic E-state index is 12.1. The fraction of sp³-hybridized carbons (Fsp3) is 0.867. The van der Waals surface area contributed by atoms with E-state index in [1.54, 1.807) is 6.92 Å². The first-order chi connectivity index (χ1) is 9.61. The average Bonchev–Trinajstić information content (AvgIpc) is 3.01. The lowest BCUT2D eigenvalue weighted by Gasteiger charge is -2.32. The molecule has 2 atom stereocenters. The van der Waals surface area contributed by atoms with Gasteiger partial charge in [-0.3, -0.25) is 14.5 Å². The number of fused-ring (bicyclic) bond motifs is 2. The predicted octanol–water partition coefficient (Wildman–Crippen LogP) is 0.598. The highest BCUT2D eigenvalue weighted by Crippen LogP contribution is 2.36. The van der Waals surface area contributed by atoms with E-state index in [0.717, 1.165) is 38.4 Å². The number of nitrogens with zero attached hydrogens (tertiary/aromatic N) is 2. The zero-order valence-corrected chi connectivity index (χ0v) is 12.3. The van der Waals surface area contributed by atoms with Crippen molar-refractivity contribution in [2.75, 3.05) is 26.2 Å². The molecule has 3 rings (SSSR count). The van der Waals surface area contributed by atoms with Crippen molar-refractivity contribution in [3.8, 4) is 0 Å². The standard InChI is InChI=1S/C15H25N3O2/c1-11(19)17-6-4-13(5-7-17)16-15(20)10-18-9-12-2-3-14(18)8-12/h12-14H,2-10H2,1H3,(H,16,20). The predicted molar refractivity (Wildman–Crippen MR) is 76.1 cm³/mol. The van der Waals surface area contributed by atoms with Gasteiger partial charge in [0.15, 0.2) is 0 Å². The number of rotatable bonds is 3. The van der Waals surface area contributed by atoms with Crippen LogP contribution in [-0.4, -0.2) is 59.9 Å². The first kappa shape index (κ1) is 13.9. The third-order valence-electron chi connectivity index (χ3n) is 5.17. The van der Waals surface area contributed by atoms with E-state index in [0.29, 0.717) is 12.6 Å². The molecule has 0 spiro atoms. The van der Waals surface area contributed by atoms with Crippen molar-refractivity contribution >= 4 is 11.8 Å². The molecular weight excluding hydrogens is 254 g/mol. The summed E-state index contributed by atoms with van der Waals surface area (Å²) in [4.78, 5) is 27.6. The largest absolute Gasteiger partial charge is 0.352 e. The van der Waals surface area contributed by atoms with Gasteiger partial charge in [0.25, 0.3) is 0 Å². The minimum absolute atomic E-state index is 0.142. The van der Waals surface area contributed by atoms with Gasteiger partial charge in [-0.2, -0.15) is 0 Å². The van der Waals surface area contributed by atoms with Crippen LogP contribution in [0.5, 0.6) is 0 Å². The first-order valence-corrected chi connectivity index (χ1v) is 7.90. The third kappa shape index (κ3) is 2.97. The monoisotopic (exact) mass is 279 g/mol. The molecule has 2 amide bonds. The van der Waals surface area contributed by atoms with Gasteiger partial charge in [-0.25, -0.2) is 0 Å². The average molecular weight is 279 g/mol. The molecule has 1 N–H and O–H groups in total. The molecule has 0 aromatic carbocycles. The summed E-state index contributed by atoms with van der Waals surface area (Å²) in [7, 11) is 0. The van der Waals surface area contributed by atoms with Crippen LogP contribution in [0.4, 0.5) is 0 Å². The van der Waals surface area contributed by atoms with Gasteiger partial charge in [-0.1, -0.05) is 0 Å². The number of nitrogens with one attached hydrogen (secondary N) is 1. The van der Waals surface area contributed by atoms with Crippen molar-refractivity contribution in [3.05, 3.63) is 0 Å². The summed E-state index contributed by atoms with van der Waals surface area (Å²) in [5, 5.41) is 3.15. The Kier molecular flexibility index (Phi) is 3.96. The molecular formula is C15H25N3O2. The fourth-order valence-electron chi connectivity index (χ4n) is 4.02. The van der Waals surface area contributed by atoms with Crippen molar-refractivity contribution in [1.82, 2.24) is 15.1 Å². The van der Waals surface area contributed by atoms with E-state index >= 15 is 0 Å². The van der Waals surface area contributed by atoms with Gasteiger partial charge in [0, 0.05) is 38.6 Å². The van der Waals surface area contributed by atoms with Crippen molar-refractivity contribution in [2.45, 2.75) is 51.1 Å². The highest BCUT2D eigenvalue weighted by Gasteiger charge is 2.38. The van der Waals surface area contributed by atoms with Crippen LogP contribution in [0.3, 0.4) is 0 Å². The van der Waals surface area contributed by atoms with Crippen LogP contribution in [0.2, 0.25) is 0 Å². The van der Waals surface area contributed by atoms with E-state index < -0.39 is 0 Å². The van der Waals surface area contributed by atoms with E-state index in [1.807, 2.05) is 4.90 Å². The van der Waals surface area contributed by atoms with Gasteiger partial charge < -0.3 is 10.2 Å². The fourth-order valence-corrected chi connectivity index (χ4v) is 4.02. The summed E-state index contributed by atoms with van der Waals surface area (Å²) in [5.41, 5.74) is 0. The van der Waals surface area contributed by atoms with Crippen LogP contribution >= 0.6 is 0 Å². The molecule has 5 nitrogen and oxygen atoms in total. The Balaban J connectivity index is 1.40. The summed E-state index contributed by atoms with van der Waals surface area (Å²) >= 11 is 0. The summed E-state index contributed by atoms with van der Waals surface area (Å²) in [6.07, 6.45) is 5.69. The van der Waals surface area contributed by atoms with Crippen molar-refractivity contribution in [1.29, 1.82) is 0 Å². The molecule has 0 radical (unpaired) electrons. The van der Waals surface area contributed by atoms with Crippen LogP contribution in [-0.2, 0) is 9.59 Å². The molecule has 0 aromatic heterocycles. The molecule has 20 heavy (non-hydrogen) atoms. The number of carbonyl (C=O) groups is 2. The molecule has 0 aromatic rings. The first-order valence-electron chi connectivity index (χ1n) is 7.90. The second-order valence-electron chi connectivity index (χ2n) is 6.61. The second kappa shape index (κ2) is 5.72. The van der Waals surface area contributed by atoms with Crippen LogP contribution < -0.4 is 5.32 Å². The molecule has 2 bridgehead atoms. The molecule has 112 valence electrons. The van der Waals surface area contributed by atoms with Crippen LogP contribution in [0, 0.1) is 5.92 Å². The number of carbonyl (C=O) groups excluding carboxylic acids is 2. The molecule has 1 saturated carbocycles. The maximum Gasteiger partial charge on any atom is 0.234 e. The number of piperidine rings is 2. The summed E-state index contributed by atoms with van der Waals surface area (Å²) in [6, 6.07) is 0.906. The highest BCUT2D eigenvalue weighted by atomic mass is 16.2. The zero-order chi connectivity index (χ0) is 14.1. The SMILES string of the molecule is CC(=O)N1CCC(NC(=O)CN2CC3CCC2C3)CC1. The maximum absolute atomic E-state index is 12.1. The van der Waals surface area contributed by atoms with Gasteiger partial charge in [0.05, 0.1) is 6.54 Å². The topological polar surface area (TPSA) is 52.7 Å². The Bertz CT molecular complexity index is 391. The lowest BCUT2D eigenvalue weighted by Crippen LogP contribution is -2.49. The van der Waals surface area contributed by atoms with Crippen molar-refractivity contribution < 1.29 is 9.59 Å². The Hall–Kier alpha value is -1.10. The molecule has 2 aliphatic heterocycles. The molecule has 3 fully saturated rings. The van der Waals surface area contributed by atoms with Crippen LogP contribution in [0.15, 0.2) is 0 Å². The van der Waals surface area contributed by atoms with Crippen LogP contribution in [0.1, 0.15) is 39.0 Å². The number of hydrogen-bond donors (Lipinski definition) is 1. The van der Waals surface area contributed by atoms with Gasteiger partial charge in [-0.15, -0.1) is 0 Å². The molecule has 5 heteroatoms. The lowest BCUT2D eigenvalue weighted by atomic mass is 10.0.